The largest absolute Gasteiger partial charge is 0.507 e. The van der Waals surface area contributed by atoms with Crippen LogP contribution in [-0.2, 0) is 0 Å². The maximum Gasteiger partial charge on any atom is 0.180 e. The molecule has 2 aromatic rings. The number of hydrogen-bond donors (Lipinski definition) is 2. The van der Waals surface area contributed by atoms with Gasteiger partial charge >= 0.3 is 0 Å². The fourth-order valence-corrected chi connectivity index (χ4v) is 1.73. The number of hydrogen-bond acceptors (Lipinski definition) is 5. The first-order valence-electron chi connectivity index (χ1n) is 6.15. The van der Waals surface area contributed by atoms with Gasteiger partial charge in [0.25, 0.3) is 0 Å². The first-order chi connectivity index (χ1) is 9.61. The van der Waals surface area contributed by atoms with Gasteiger partial charge in [0, 0.05) is 0 Å². The van der Waals surface area contributed by atoms with Crippen molar-refractivity contribution in [2.24, 2.45) is 16.0 Å². The second kappa shape index (κ2) is 6.08. The van der Waals surface area contributed by atoms with E-state index in [0.29, 0.717) is 11.4 Å². The number of ketones is 1. The van der Waals surface area contributed by atoms with E-state index in [2.05, 4.69) is 10.2 Å². The van der Waals surface area contributed by atoms with E-state index in [1.165, 1.54) is 12.1 Å². The summed E-state index contributed by atoms with van der Waals surface area (Å²) in [7, 11) is 0. The molecule has 5 nitrogen and oxygen atoms in total. The maximum atomic E-state index is 11.6. The van der Waals surface area contributed by atoms with E-state index in [-0.39, 0.29) is 23.6 Å². The Kier molecular flexibility index (Phi) is 4.22. The highest BCUT2D eigenvalue weighted by Crippen LogP contribution is 2.29. The second-order valence-corrected chi connectivity index (χ2v) is 4.32. The Labute approximate surface area is 116 Å². The summed E-state index contributed by atoms with van der Waals surface area (Å²) >= 11 is 0. The molecule has 0 amide bonds. The Morgan fingerprint density at radius 3 is 2.55 bits per heavy atom. The normalized spacial score (nSPS) is 10.9. The minimum absolute atomic E-state index is 0.0865. The summed E-state index contributed by atoms with van der Waals surface area (Å²) in [4.78, 5) is 11.6. The number of aromatic hydroxyl groups is 1. The van der Waals surface area contributed by atoms with Crippen LogP contribution in [0.5, 0.6) is 5.75 Å². The van der Waals surface area contributed by atoms with E-state index in [1.54, 1.807) is 6.92 Å². The first kappa shape index (κ1) is 13.9. The van der Waals surface area contributed by atoms with E-state index in [9.17, 15) is 9.90 Å². The summed E-state index contributed by atoms with van der Waals surface area (Å²) in [6.45, 7) is 1.63. The lowest BCUT2D eigenvalue weighted by Crippen LogP contribution is -2.13. The highest BCUT2D eigenvalue weighted by molar-refractivity contribution is 6.00. The summed E-state index contributed by atoms with van der Waals surface area (Å²) in [6, 6.07) is 12.3. The molecule has 5 heteroatoms. The molecule has 0 radical (unpaired) electrons. The third-order valence-electron chi connectivity index (χ3n) is 2.83. The minimum atomic E-state index is -0.335. The molecule has 0 aliphatic carbocycles. The number of nitrogens with two attached hydrogens (primary N) is 1. The van der Waals surface area contributed by atoms with Crippen LogP contribution in [-0.4, -0.2) is 17.4 Å². The Morgan fingerprint density at radius 1 is 1.20 bits per heavy atom. The monoisotopic (exact) mass is 269 g/mol. The number of rotatable bonds is 4. The minimum Gasteiger partial charge on any atom is -0.507 e. The van der Waals surface area contributed by atoms with Gasteiger partial charge in [-0.1, -0.05) is 18.2 Å². The van der Waals surface area contributed by atoms with Crippen LogP contribution < -0.4 is 5.73 Å². The Hall–Kier alpha value is -2.53. The summed E-state index contributed by atoms with van der Waals surface area (Å²) in [5.41, 5.74) is 7.46. The molecule has 0 unspecified atom stereocenters. The second-order valence-electron chi connectivity index (χ2n) is 4.32. The zero-order chi connectivity index (χ0) is 14.5. The Bertz CT molecular complexity index is 652. The molecular weight excluding hydrogens is 254 g/mol. The predicted octanol–water partition coefficient (Wildman–Crippen LogP) is 3.26. The van der Waals surface area contributed by atoms with Gasteiger partial charge in [-0.2, -0.15) is 10.2 Å². The van der Waals surface area contributed by atoms with E-state index in [0.717, 1.165) is 5.56 Å². The zero-order valence-corrected chi connectivity index (χ0v) is 11.1. The molecule has 0 saturated heterocycles. The lowest BCUT2D eigenvalue weighted by atomic mass is 10.1. The van der Waals surface area contributed by atoms with Crippen LogP contribution in [0.2, 0.25) is 0 Å². The molecule has 0 aliphatic rings. The van der Waals surface area contributed by atoms with Crippen molar-refractivity contribution in [3.63, 3.8) is 0 Å². The van der Waals surface area contributed by atoms with E-state index in [4.69, 9.17) is 5.73 Å². The van der Waals surface area contributed by atoms with Crippen molar-refractivity contribution in [3.8, 4) is 5.75 Å². The van der Waals surface area contributed by atoms with Crippen LogP contribution in [0.25, 0.3) is 0 Å². The van der Waals surface area contributed by atoms with Gasteiger partial charge in [-0.25, -0.2) is 0 Å². The van der Waals surface area contributed by atoms with Crippen LogP contribution in [0.1, 0.15) is 15.9 Å². The van der Waals surface area contributed by atoms with E-state index in [1.807, 2.05) is 30.3 Å². The standard InChI is InChI=1S/C15H15N3O2/c1-10-7-14(19)12(15(20)9-16)8-13(10)18-17-11-5-3-2-4-6-11/h2-8,19H,9,16H2,1H3. The van der Waals surface area contributed by atoms with E-state index >= 15 is 0 Å². The van der Waals surface area contributed by atoms with Gasteiger partial charge in [0.1, 0.15) is 5.75 Å². The number of phenolic OH excluding ortho intramolecular Hbond substituents is 1. The molecule has 2 rings (SSSR count). The average molecular weight is 269 g/mol. The van der Waals surface area contributed by atoms with Crippen molar-refractivity contribution >= 4 is 17.2 Å². The van der Waals surface area contributed by atoms with Crippen LogP contribution in [0.4, 0.5) is 11.4 Å². The van der Waals surface area contributed by atoms with Crippen LogP contribution in [0, 0.1) is 6.92 Å². The number of aryl methyl sites for hydroxylation is 1. The fraction of sp³-hybridized carbons (Fsp3) is 0.133. The number of carbonyl (C=O) groups is 1. The van der Waals surface area contributed by atoms with Gasteiger partial charge in [-0.15, -0.1) is 0 Å². The third kappa shape index (κ3) is 3.07. The van der Waals surface area contributed by atoms with Crippen molar-refractivity contribution in [2.45, 2.75) is 6.92 Å². The maximum absolute atomic E-state index is 11.6. The Balaban J connectivity index is 2.37. The van der Waals surface area contributed by atoms with Crippen LogP contribution in [0.3, 0.4) is 0 Å². The SMILES string of the molecule is Cc1cc(O)c(C(=O)CN)cc1N=Nc1ccccc1. The molecule has 0 spiro atoms. The molecule has 0 heterocycles. The Morgan fingerprint density at radius 2 is 1.90 bits per heavy atom. The fourth-order valence-electron chi connectivity index (χ4n) is 1.73. The van der Waals surface area contributed by atoms with Crippen molar-refractivity contribution < 1.29 is 9.90 Å². The van der Waals surface area contributed by atoms with Gasteiger partial charge in [0.2, 0.25) is 0 Å². The lowest BCUT2D eigenvalue weighted by Gasteiger charge is -2.06. The number of azo groups is 1. The van der Waals surface area contributed by atoms with Gasteiger partial charge in [-0.05, 0) is 36.8 Å². The molecule has 3 N–H and O–H groups in total. The molecule has 102 valence electrons. The van der Waals surface area contributed by atoms with Gasteiger partial charge < -0.3 is 10.8 Å². The smallest absolute Gasteiger partial charge is 0.180 e. The molecule has 20 heavy (non-hydrogen) atoms. The summed E-state index contributed by atoms with van der Waals surface area (Å²) in [5, 5.41) is 18.0. The van der Waals surface area contributed by atoms with Gasteiger partial charge in [0.05, 0.1) is 23.5 Å². The molecule has 0 saturated carbocycles. The molecule has 0 aromatic heterocycles. The van der Waals surface area contributed by atoms with Crippen LogP contribution in [0.15, 0.2) is 52.7 Å². The molecule has 0 fully saturated rings. The van der Waals surface area contributed by atoms with Crippen molar-refractivity contribution in [3.05, 3.63) is 53.6 Å². The average Bonchev–Trinajstić information content (AvgIpc) is 2.46. The summed E-state index contributed by atoms with van der Waals surface area (Å²) < 4.78 is 0. The number of benzene rings is 2. The molecular formula is C15H15N3O2. The van der Waals surface area contributed by atoms with Gasteiger partial charge in [-0.3, -0.25) is 4.79 Å². The molecule has 0 bridgehead atoms. The highest BCUT2D eigenvalue weighted by Gasteiger charge is 2.12. The molecule has 0 aliphatic heterocycles. The topological polar surface area (TPSA) is 88.0 Å². The summed E-state index contributed by atoms with van der Waals surface area (Å²) in [6.07, 6.45) is 0. The number of Topliss-reactive ketones (excluding diaryl/α,β-unsaturated/α-hetero) is 1. The number of carbonyl (C=O) groups excluding carboxylic acids is 1. The van der Waals surface area contributed by atoms with Crippen molar-refractivity contribution in [1.29, 1.82) is 0 Å². The van der Waals surface area contributed by atoms with Crippen molar-refractivity contribution in [2.75, 3.05) is 6.54 Å². The van der Waals surface area contributed by atoms with E-state index < -0.39 is 0 Å². The van der Waals surface area contributed by atoms with Crippen LogP contribution >= 0.6 is 0 Å². The summed E-state index contributed by atoms with van der Waals surface area (Å²) in [5.74, 6) is -0.421. The van der Waals surface area contributed by atoms with Gasteiger partial charge in [0.15, 0.2) is 5.78 Å². The molecule has 0 atom stereocenters. The number of phenols is 1. The van der Waals surface area contributed by atoms with Crippen molar-refractivity contribution in [1.82, 2.24) is 0 Å². The highest BCUT2D eigenvalue weighted by atomic mass is 16.3. The quantitative estimate of drug-likeness (QED) is 0.659. The number of nitrogens with zero attached hydrogens (tertiary/aromatic N) is 2. The zero-order valence-electron chi connectivity index (χ0n) is 11.1. The lowest BCUT2D eigenvalue weighted by molar-refractivity contribution is 0.0999. The third-order valence-corrected chi connectivity index (χ3v) is 2.83. The first-order valence-corrected chi connectivity index (χ1v) is 6.15. The molecule has 2 aromatic carbocycles. The predicted molar refractivity (Wildman–Crippen MR) is 76.8 cm³/mol.